The van der Waals surface area contributed by atoms with Gasteiger partial charge in [-0.25, -0.2) is 8.42 Å². The van der Waals surface area contributed by atoms with Gasteiger partial charge >= 0.3 is 0 Å². The average Bonchev–Trinajstić information content (AvgIpc) is 2.47. The van der Waals surface area contributed by atoms with Gasteiger partial charge in [0.1, 0.15) is 0 Å². The number of sulfonamides is 1. The van der Waals surface area contributed by atoms with Crippen LogP contribution in [0, 0.1) is 5.92 Å². The quantitative estimate of drug-likeness (QED) is 0.809. The summed E-state index contributed by atoms with van der Waals surface area (Å²) in [5.41, 5.74) is 5.93. The van der Waals surface area contributed by atoms with Crippen molar-refractivity contribution in [3.8, 4) is 0 Å². The highest BCUT2D eigenvalue weighted by atomic mass is 35.5. The van der Waals surface area contributed by atoms with Crippen molar-refractivity contribution in [2.45, 2.75) is 35.6 Å². The molecule has 0 amide bonds. The van der Waals surface area contributed by atoms with E-state index in [-0.39, 0.29) is 29.3 Å². The van der Waals surface area contributed by atoms with Crippen LogP contribution in [0.5, 0.6) is 0 Å². The van der Waals surface area contributed by atoms with E-state index in [1.165, 1.54) is 22.1 Å². The van der Waals surface area contributed by atoms with Gasteiger partial charge < -0.3 is 5.73 Å². The highest BCUT2D eigenvalue weighted by Gasteiger charge is 2.31. The first kappa shape index (κ1) is 20.1. The number of rotatable bonds is 4. The molecule has 1 saturated heterocycles. The fourth-order valence-corrected chi connectivity index (χ4v) is 5.07. The van der Waals surface area contributed by atoms with Crippen molar-refractivity contribution in [1.82, 2.24) is 4.31 Å². The van der Waals surface area contributed by atoms with Crippen LogP contribution in [0.1, 0.15) is 19.8 Å². The molecule has 0 aromatic heterocycles. The van der Waals surface area contributed by atoms with Crippen LogP contribution in [0.3, 0.4) is 0 Å². The maximum Gasteiger partial charge on any atom is 0.243 e. The van der Waals surface area contributed by atoms with Gasteiger partial charge in [0.05, 0.1) is 9.92 Å². The summed E-state index contributed by atoms with van der Waals surface area (Å²) in [6.07, 6.45) is 3.74. The van der Waals surface area contributed by atoms with E-state index < -0.39 is 10.0 Å². The number of thioether (sulfide) groups is 1. The number of benzene rings is 1. The Hall–Kier alpha value is 0.0200. The lowest BCUT2D eigenvalue weighted by Crippen LogP contribution is -2.44. The predicted octanol–water partition coefficient (Wildman–Crippen LogP) is 3.23. The molecule has 126 valence electrons. The summed E-state index contributed by atoms with van der Waals surface area (Å²) in [6, 6.07) is 4.93. The van der Waals surface area contributed by atoms with E-state index >= 15 is 0 Å². The fourth-order valence-electron chi connectivity index (χ4n) is 2.58. The topological polar surface area (TPSA) is 63.4 Å². The Labute approximate surface area is 148 Å². The average molecular weight is 385 g/mol. The molecule has 0 saturated carbocycles. The number of nitrogens with two attached hydrogens (primary N) is 1. The lowest BCUT2D eigenvalue weighted by atomic mass is 9.93. The molecule has 1 aromatic rings. The fraction of sp³-hybridized carbons (Fsp3) is 0.571. The van der Waals surface area contributed by atoms with Crippen molar-refractivity contribution in [1.29, 1.82) is 0 Å². The van der Waals surface area contributed by atoms with Crippen LogP contribution < -0.4 is 5.73 Å². The smallest absolute Gasteiger partial charge is 0.243 e. The van der Waals surface area contributed by atoms with Crippen LogP contribution in [-0.2, 0) is 10.0 Å². The molecule has 1 fully saturated rings. The van der Waals surface area contributed by atoms with E-state index in [2.05, 4.69) is 0 Å². The van der Waals surface area contributed by atoms with E-state index in [4.69, 9.17) is 17.3 Å². The first-order chi connectivity index (χ1) is 9.86. The molecular weight excluding hydrogens is 363 g/mol. The summed E-state index contributed by atoms with van der Waals surface area (Å²) in [5.74, 6) is 0.217. The molecule has 2 rings (SSSR count). The zero-order valence-corrected chi connectivity index (χ0v) is 15.9. The van der Waals surface area contributed by atoms with Gasteiger partial charge in [-0.05, 0) is 50.1 Å². The van der Waals surface area contributed by atoms with Crippen molar-refractivity contribution in [2.24, 2.45) is 11.7 Å². The van der Waals surface area contributed by atoms with Crippen LogP contribution in [0.4, 0.5) is 0 Å². The second-order valence-corrected chi connectivity index (χ2v) is 8.61. The molecule has 1 aliphatic rings. The molecule has 0 aliphatic carbocycles. The molecule has 0 spiro atoms. The molecule has 2 unspecified atom stereocenters. The zero-order chi connectivity index (χ0) is 15.6. The molecule has 1 aliphatic heterocycles. The summed E-state index contributed by atoms with van der Waals surface area (Å²) in [7, 11) is -3.49. The molecule has 2 atom stereocenters. The van der Waals surface area contributed by atoms with Crippen LogP contribution >= 0.6 is 35.8 Å². The third-order valence-corrected chi connectivity index (χ3v) is 7.01. The largest absolute Gasteiger partial charge is 0.328 e. The minimum absolute atomic E-state index is 0. The maximum absolute atomic E-state index is 12.7. The molecule has 2 N–H and O–H groups in total. The Balaban J connectivity index is 0.00000242. The molecule has 22 heavy (non-hydrogen) atoms. The summed E-state index contributed by atoms with van der Waals surface area (Å²) in [6.45, 7) is 2.97. The second kappa shape index (κ2) is 8.22. The highest BCUT2D eigenvalue weighted by molar-refractivity contribution is 7.98. The minimum Gasteiger partial charge on any atom is -0.328 e. The third kappa shape index (κ3) is 4.30. The SMILES string of the molecule is CSc1ccc(S(=O)(=O)N2CCCC(C(C)N)C2)cc1Cl.Cl. The van der Waals surface area contributed by atoms with E-state index in [1.807, 2.05) is 13.2 Å². The van der Waals surface area contributed by atoms with Gasteiger partial charge in [-0.3, -0.25) is 0 Å². The van der Waals surface area contributed by atoms with Gasteiger partial charge in [0, 0.05) is 24.0 Å². The van der Waals surface area contributed by atoms with Crippen molar-refractivity contribution in [2.75, 3.05) is 19.3 Å². The van der Waals surface area contributed by atoms with Crippen LogP contribution in [0.25, 0.3) is 0 Å². The molecule has 4 nitrogen and oxygen atoms in total. The number of hydrogen-bond donors (Lipinski definition) is 1. The first-order valence-electron chi connectivity index (χ1n) is 6.95. The van der Waals surface area contributed by atoms with Gasteiger partial charge in [-0.2, -0.15) is 4.31 Å². The molecular formula is C14H22Cl2N2O2S2. The van der Waals surface area contributed by atoms with Gasteiger partial charge in [-0.1, -0.05) is 11.6 Å². The molecule has 0 radical (unpaired) electrons. The number of nitrogens with zero attached hydrogens (tertiary/aromatic N) is 1. The van der Waals surface area contributed by atoms with Crippen LogP contribution in [-0.4, -0.2) is 38.1 Å². The first-order valence-corrected chi connectivity index (χ1v) is 10.00. The van der Waals surface area contributed by atoms with Crippen molar-refractivity contribution in [3.63, 3.8) is 0 Å². The summed E-state index contributed by atoms with van der Waals surface area (Å²) in [4.78, 5) is 1.14. The molecule has 0 bridgehead atoms. The van der Waals surface area contributed by atoms with Crippen molar-refractivity contribution < 1.29 is 8.42 Å². The van der Waals surface area contributed by atoms with E-state index in [1.54, 1.807) is 12.1 Å². The lowest BCUT2D eigenvalue weighted by Gasteiger charge is -2.33. The Bertz CT molecular complexity index is 609. The van der Waals surface area contributed by atoms with Gasteiger partial charge in [0.2, 0.25) is 10.0 Å². The molecule has 8 heteroatoms. The van der Waals surface area contributed by atoms with E-state index in [0.29, 0.717) is 18.1 Å². The third-order valence-electron chi connectivity index (χ3n) is 3.93. The Morgan fingerprint density at radius 2 is 2.14 bits per heavy atom. The predicted molar refractivity (Wildman–Crippen MR) is 95.6 cm³/mol. The Morgan fingerprint density at radius 3 is 2.68 bits per heavy atom. The second-order valence-electron chi connectivity index (χ2n) is 5.42. The summed E-state index contributed by atoms with van der Waals surface area (Å²) in [5, 5.41) is 0.476. The van der Waals surface area contributed by atoms with Gasteiger partial charge in [-0.15, -0.1) is 24.2 Å². The summed E-state index contributed by atoms with van der Waals surface area (Å²) < 4.78 is 27.0. The standard InChI is InChI=1S/C14H21ClN2O2S2.ClH/c1-10(16)11-4-3-7-17(9-11)21(18,19)12-5-6-14(20-2)13(15)8-12;/h5-6,8,10-11H,3-4,7,9,16H2,1-2H3;1H. The maximum atomic E-state index is 12.7. The number of halogens is 2. The zero-order valence-electron chi connectivity index (χ0n) is 12.7. The highest BCUT2D eigenvalue weighted by Crippen LogP contribution is 2.30. The Kier molecular flexibility index (Phi) is 7.49. The van der Waals surface area contributed by atoms with Gasteiger partial charge in [0.25, 0.3) is 0 Å². The minimum atomic E-state index is -3.49. The normalized spacial score (nSPS) is 21.2. The van der Waals surface area contributed by atoms with Crippen molar-refractivity contribution >= 4 is 45.8 Å². The van der Waals surface area contributed by atoms with E-state index in [9.17, 15) is 8.42 Å². The molecule has 1 heterocycles. The number of piperidine rings is 1. The molecule has 1 aromatic carbocycles. The van der Waals surface area contributed by atoms with Crippen molar-refractivity contribution in [3.05, 3.63) is 23.2 Å². The Morgan fingerprint density at radius 1 is 1.45 bits per heavy atom. The van der Waals surface area contributed by atoms with Gasteiger partial charge in [0.15, 0.2) is 0 Å². The summed E-state index contributed by atoms with van der Waals surface area (Å²) >= 11 is 7.63. The van der Waals surface area contributed by atoms with E-state index in [0.717, 1.165) is 17.7 Å². The lowest BCUT2D eigenvalue weighted by molar-refractivity contribution is 0.243. The monoisotopic (exact) mass is 384 g/mol. The van der Waals surface area contributed by atoms with Crippen LogP contribution in [0.2, 0.25) is 5.02 Å². The number of hydrogen-bond acceptors (Lipinski definition) is 4. The van der Waals surface area contributed by atoms with Crippen LogP contribution in [0.15, 0.2) is 28.0 Å².